The van der Waals surface area contributed by atoms with Crippen molar-refractivity contribution in [3.63, 3.8) is 0 Å². The number of hydrogen-bond donors (Lipinski definition) is 0. The van der Waals surface area contributed by atoms with Crippen LogP contribution in [0, 0.1) is 11.8 Å². The second-order valence-corrected chi connectivity index (χ2v) is 8.82. The fraction of sp³-hybridized carbons (Fsp3) is 0.250. The summed E-state index contributed by atoms with van der Waals surface area (Å²) in [7, 11) is -3.73. The third-order valence-corrected chi connectivity index (χ3v) is 6.91. The fourth-order valence-corrected chi connectivity index (χ4v) is 5.45. The molecule has 2 aromatic carbocycles. The molecular weight excluding hydrogens is 378 g/mol. The Morgan fingerprint density at radius 2 is 1.50 bits per heavy atom. The number of carbonyl (C=O) groups is 2. The van der Waals surface area contributed by atoms with Crippen LogP contribution in [0.5, 0.6) is 0 Å². The van der Waals surface area contributed by atoms with Gasteiger partial charge >= 0.3 is 0 Å². The number of imide groups is 1. The summed E-state index contributed by atoms with van der Waals surface area (Å²) in [6.07, 6.45) is 0. The number of fused-ring (bicyclic) bond motifs is 2. The van der Waals surface area contributed by atoms with Gasteiger partial charge in [-0.25, -0.2) is 0 Å². The quantitative estimate of drug-likeness (QED) is 0.715. The van der Waals surface area contributed by atoms with Gasteiger partial charge in [0.25, 0.3) is 10.0 Å². The Kier molecular flexibility index (Phi) is 3.67. The predicted molar refractivity (Wildman–Crippen MR) is 101 cm³/mol. The molecule has 2 unspecified atom stereocenters. The van der Waals surface area contributed by atoms with Crippen LogP contribution in [0.3, 0.4) is 0 Å². The second kappa shape index (κ2) is 6.00. The van der Waals surface area contributed by atoms with E-state index in [9.17, 15) is 18.0 Å². The van der Waals surface area contributed by atoms with Crippen LogP contribution in [0.4, 0.5) is 0 Å². The summed E-state index contributed by atoms with van der Waals surface area (Å²) in [6.45, 7) is 0.857. The number of benzene rings is 2. The van der Waals surface area contributed by atoms with Crippen molar-refractivity contribution in [2.24, 2.45) is 16.2 Å². The molecule has 0 N–H and O–H groups in total. The van der Waals surface area contributed by atoms with E-state index in [0.717, 1.165) is 5.56 Å². The summed E-state index contributed by atoms with van der Waals surface area (Å²) >= 11 is 0. The highest BCUT2D eigenvalue weighted by atomic mass is 32.2. The third kappa shape index (κ3) is 2.48. The first-order valence-corrected chi connectivity index (χ1v) is 10.5. The normalized spacial score (nSPS) is 25.1. The predicted octanol–water partition coefficient (Wildman–Crippen LogP) is 1.25. The lowest BCUT2D eigenvalue weighted by molar-refractivity contribution is -0.141. The van der Waals surface area contributed by atoms with Gasteiger partial charge in [-0.15, -0.1) is 4.40 Å². The second-order valence-electron chi connectivity index (χ2n) is 7.25. The lowest BCUT2D eigenvalue weighted by atomic mass is 10.00. The average molecular weight is 395 g/mol. The van der Waals surface area contributed by atoms with Gasteiger partial charge in [0.05, 0.1) is 18.4 Å². The van der Waals surface area contributed by atoms with E-state index in [1.54, 1.807) is 23.1 Å². The van der Waals surface area contributed by atoms with E-state index in [-0.39, 0.29) is 23.3 Å². The zero-order valence-corrected chi connectivity index (χ0v) is 15.7. The van der Waals surface area contributed by atoms with Gasteiger partial charge in [-0.05, 0) is 17.7 Å². The summed E-state index contributed by atoms with van der Waals surface area (Å²) in [5, 5.41) is 0. The highest BCUT2D eigenvalue weighted by Crippen LogP contribution is 2.37. The summed E-state index contributed by atoms with van der Waals surface area (Å²) < 4.78 is 28.5. The van der Waals surface area contributed by atoms with Gasteiger partial charge in [-0.1, -0.05) is 42.5 Å². The molecule has 2 amide bonds. The Morgan fingerprint density at radius 3 is 2.18 bits per heavy atom. The van der Waals surface area contributed by atoms with Gasteiger partial charge in [0, 0.05) is 18.7 Å². The molecule has 0 aromatic heterocycles. The maximum absolute atomic E-state index is 12.9. The Hall–Kier alpha value is -3.00. The van der Waals surface area contributed by atoms with Crippen molar-refractivity contribution in [1.29, 1.82) is 0 Å². The molecule has 0 saturated carbocycles. The molecule has 8 heteroatoms. The van der Waals surface area contributed by atoms with E-state index >= 15 is 0 Å². The zero-order valence-electron chi connectivity index (χ0n) is 14.9. The summed E-state index contributed by atoms with van der Waals surface area (Å²) in [5.74, 6) is -0.990. The third-order valence-electron chi connectivity index (χ3n) is 5.58. The molecule has 3 heterocycles. The van der Waals surface area contributed by atoms with Crippen molar-refractivity contribution in [3.05, 3.63) is 65.7 Å². The van der Waals surface area contributed by atoms with Crippen molar-refractivity contribution in [2.75, 3.05) is 13.1 Å². The van der Waals surface area contributed by atoms with Crippen molar-refractivity contribution < 1.29 is 18.0 Å². The lowest BCUT2D eigenvalue weighted by Crippen LogP contribution is -2.37. The lowest BCUT2D eigenvalue weighted by Gasteiger charge is -2.22. The van der Waals surface area contributed by atoms with Gasteiger partial charge in [0.1, 0.15) is 4.90 Å². The molecule has 0 bridgehead atoms. The van der Waals surface area contributed by atoms with Gasteiger partial charge < -0.3 is 4.90 Å². The molecular formula is C20H17N3O4S. The largest absolute Gasteiger partial charge is 0.354 e. The number of nitrogens with zero attached hydrogens (tertiary/aromatic N) is 3. The van der Waals surface area contributed by atoms with E-state index in [0.29, 0.717) is 24.5 Å². The van der Waals surface area contributed by atoms with Crippen molar-refractivity contribution in [3.8, 4) is 0 Å². The first-order chi connectivity index (χ1) is 13.5. The van der Waals surface area contributed by atoms with Crippen LogP contribution in [-0.4, -0.2) is 49.0 Å². The molecule has 28 heavy (non-hydrogen) atoms. The molecule has 7 nitrogen and oxygen atoms in total. The summed E-state index contributed by atoms with van der Waals surface area (Å²) in [4.78, 5) is 29.0. The monoisotopic (exact) mass is 395 g/mol. The van der Waals surface area contributed by atoms with Gasteiger partial charge in [-0.3, -0.25) is 14.5 Å². The first kappa shape index (κ1) is 17.1. The Bertz CT molecular complexity index is 1100. The molecule has 0 radical (unpaired) electrons. The first-order valence-electron chi connectivity index (χ1n) is 9.04. The van der Waals surface area contributed by atoms with Crippen LogP contribution in [-0.2, 0) is 26.2 Å². The molecule has 2 atom stereocenters. The van der Waals surface area contributed by atoms with E-state index in [2.05, 4.69) is 4.40 Å². The Morgan fingerprint density at radius 1 is 0.893 bits per heavy atom. The molecule has 2 fully saturated rings. The zero-order chi connectivity index (χ0) is 19.5. The smallest absolute Gasteiger partial charge is 0.285 e. The van der Waals surface area contributed by atoms with E-state index in [1.807, 2.05) is 30.3 Å². The van der Waals surface area contributed by atoms with Crippen LogP contribution in [0.25, 0.3) is 0 Å². The molecule has 3 aliphatic heterocycles. The van der Waals surface area contributed by atoms with Crippen LogP contribution >= 0.6 is 0 Å². The maximum atomic E-state index is 12.9. The Balaban J connectivity index is 1.40. The molecule has 0 aliphatic carbocycles. The van der Waals surface area contributed by atoms with Crippen molar-refractivity contribution in [1.82, 2.24) is 9.80 Å². The topological polar surface area (TPSA) is 87.1 Å². The van der Waals surface area contributed by atoms with E-state index < -0.39 is 21.9 Å². The average Bonchev–Trinajstić information content (AvgIpc) is 3.31. The van der Waals surface area contributed by atoms with Crippen LogP contribution in [0.1, 0.15) is 11.1 Å². The molecule has 3 aliphatic rings. The number of hydrogen-bond acceptors (Lipinski definition) is 5. The fourth-order valence-electron chi connectivity index (χ4n) is 4.22. The van der Waals surface area contributed by atoms with Gasteiger partial charge in [0.15, 0.2) is 5.84 Å². The molecule has 5 rings (SSSR count). The highest BCUT2D eigenvalue weighted by molar-refractivity contribution is 7.90. The maximum Gasteiger partial charge on any atom is 0.285 e. The van der Waals surface area contributed by atoms with Gasteiger partial charge in [-0.2, -0.15) is 8.42 Å². The summed E-state index contributed by atoms with van der Waals surface area (Å²) in [6, 6.07) is 16.0. The number of rotatable bonds is 2. The van der Waals surface area contributed by atoms with Crippen molar-refractivity contribution >= 4 is 27.7 Å². The van der Waals surface area contributed by atoms with E-state index in [1.165, 1.54) is 11.0 Å². The van der Waals surface area contributed by atoms with E-state index in [4.69, 9.17) is 0 Å². The number of sulfonamides is 1. The number of likely N-dealkylation sites (tertiary alicyclic amines) is 2. The minimum Gasteiger partial charge on any atom is -0.354 e. The minimum atomic E-state index is -3.73. The van der Waals surface area contributed by atoms with Crippen LogP contribution in [0.2, 0.25) is 0 Å². The molecule has 2 aromatic rings. The highest BCUT2D eigenvalue weighted by Gasteiger charge is 2.53. The Labute approximate surface area is 162 Å². The molecule has 2 saturated heterocycles. The molecule has 0 spiro atoms. The van der Waals surface area contributed by atoms with Crippen LogP contribution in [0.15, 0.2) is 63.9 Å². The number of amidine groups is 1. The number of carbonyl (C=O) groups excluding carboxylic acids is 2. The molecule has 142 valence electrons. The summed E-state index contributed by atoms with van der Waals surface area (Å²) in [5.41, 5.74) is 1.43. The minimum absolute atomic E-state index is 0.172. The number of amides is 2. The van der Waals surface area contributed by atoms with Crippen LogP contribution < -0.4 is 0 Å². The van der Waals surface area contributed by atoms with Gasteiger partial charge in [0.2, 0.25) is 11.8 Å². The SMILES string of the molecule is O=C1C2CN(C3=NS(=O)(=O)c4ccccc43)CC2C(=O)N1Cc1ccccc1. The van der Waals surface area contributed by atoms with Crippen molar-refractivity contribution in [2.45, 2.75) is 11.4 Å². The standard InChI is InChI=1S/C20H17N3O4S/c24-19-15-11-22(18-14-8-4-5-9-17(14)28(26,27)21-18)12-16(15)20(25)23(19)10-13-6-2-1-3-7-13/h1-9,15-16H,10-12H2.